The molecule has 0 aliphatic carbocycles. The fraction of sp³-hybridized carbons (Fsp3) is 0.500. The maximum atomic E-state index is 5.32. The fourth-order valence-electron chi connectivity index (χ4n) is 1.62. The zero-order valence-electron chi connectivity index (χ0n) is 10.4. The summed E-state index contributed by atoms with van der Waals surface area (Å²) >= 11 is 0. The van der Waals surface area contributed by atoms with Crippen molar-refractivity contribution in [2.45, 2.75) is 6.54 Å². The Kier molecular flexibility index (Phi) is 5.08. The lowest BCUT2D eigenvalue weighted by atomic mass is 10.2. The van der Waals surface area contributed by atoms with E-state index in [4.69, 9.17) is 9.47 Å². The van der Waals surface area contributed by atoms with Crippen LogP contribution in [0.25, 0.3) is 0 Å². The van der Waals surface area contributed by atoms with Crippen LogP contribution in [0.15, 0.2) is 18.2 Å². The molecule has 0 aliphatic heterocycles. The fourth-order valence-corrected chi connectivity index (χ4v) is 1.62. The van der Waals surface area contributed by atoms with Gasteiger partial charge in [-0.25, -0.2) is 0 Å². The third-order valence-corrected chi connectivity index (χ3v) is 2.36. The Morgan fingerprint density at radius 2 is 2.00 bits per heavy atom. The summed E-state index contributed by atoms with van der Waals surface area (Å²) < 4.78 is 10.5. The first kappa shape index (κ1) is 12.8. The van der Waals surface area contributed by atoms with E-state index < -0.39 is 0 Å². The summed E-state index contributed by atoms with van der Waals surface area (Å²) in [5.41, 5.74) is 1.12. The van der Waals surface area contributed by atoms with E-state index in [0.717, 1.165) is 30.3 Å². The lowest BCUT2D eigenvalue weighted by molar-refractivity contribution is 0.301. The molecule has 4 heteroatoms. The van der Waals surface area contributed by atoms with Crippen LogP contribution in [0.4, 0.5) is 0 Å². The molecule has 0 heterocycles. The second-order valence-corrected chi connectivity index (χ2v) is 3.70. The zero-order chi connectivity index (χ0) is 12.0. The predicted molar refractivity (Wildman–Crippen MR) is 64.9 cm³/mol. The number of nitrogens with one attached hydrogen (secondary N) is 1. The molecule has 1 N–H and O–H groups in total. The topological polar surface area (TPSA) is 33.7 Å². The molecule has 0 atom stereocenters. The van der Waals surface area contributed by atoms with Gasteiger partial charge in [0.05, 0.1) is 14.2 Å². The Morgan fingerprint density at radius 3 is 2.56 bits per heavy atom. The van der Waals surface area contributed by atoms with E-state index in [0.29, 0.717) is 0 Å². The quantitative estimate of drug-likeness (QED) is 0.739. The second kappa shape index (κ2) is 6.35. The minimum absolute atomic E-state index is 0.821. The van der Waals surface area contributed by atoms with E-state index in [-0.39, 0.29) is 0 Å². The lowest BCUT2D eigenvalue weighted by Gasteiger charge is -2.18. The van der Waals surface area contributed by atoms with Gasteiger partial charge < -0.3 is 14.8 Å². The first-order valence-electron chi connectivity index (χ1n) is 5.25. The largest absolute Gasteiger partial charge is 0.497 e. The van der Waals surface area contributed by atoms with E-state index in [9.17, 15) is 0 Å². The molecule has 1 aromatic carbocycles. The van der Waals surface area contributed by atoms with Crippen molar-refractivity contribution in [1.82, 2.24) is 10.2 Å². The van der Waals surface area contributed by atoms with Crippen LogP contribution in [-0.4, -0.2) is 39.9 Å². The molecule has 0 aliphatic rings. The van der Waals surface area contributed by atoms with E-state index in [1.807, 2.05) is 25.2 Å². The Hall–Kier alpha value is -1.26. The van der Waals surface area contributed by atoms with Gasteiger partial charge in [-0.05, 0) is 32.3 Å². The summed E-state index contributed by atoms with van der Waals surface area (Å²) in [6, 6.07) is 5.84. The highest BCUT2D eigenvalue weighted by Gasteiger charge is 2.07. The third-order valence-electron chi connectivity index (χ3n) is 2.36. The predicted octanol–water partition coefficient (Wildman–Crippen LogP) is 1.31. The Morgan fingerprint density at radius 1 is 1.25 bits per heavy atom. The van der Waals surface area contributed by atoms with Crippen molar-refractivity contribution >= 4 is 0 Å². The monoisotopic (exact) mass is 224 g/mol. The van der Waals surface area contributed by atoms with Crippen molar-refractivity contribution < 1.29 is 9.47 Å². The second-order valence-electron chi connectivity index (χ2n) is 3.70. The van der Waals surface area contributed by atoms with Gasteiger partial charge in [0.25, 0.3) is 0 Å². The molecule has 0 bridgehead atoms. The maximum absolute atomic E-state index is 5.32. The van der Waals surface area contributed by atoms with Crippen molar-refractivity contribution in [1.29, 1.82) is 0 Å². The van der Waals surface area contributed by atoms with E-state index in [1.165, 1.54) is 0 Å². The van der Waals surface area contributed by atoms with Crippen LogP contribution in [0, 0.1) is 0 Å². The Balaban J connectivity index is 2.82. The average molecular weight is 224 g/mol. The van der Waals surface area contributed by atoms with Gasteiger partial charge >= 0.3 is 0 Å². The van der Waals surface area contributed by atoms with Crippen LogP contribution in [-0.2, 0) is 6.54 Å². The molecule has 4 nitrogen and oxygen atoms in total. The van der Waals surface area contributed by atoms with Crippen LogP contribution in [0.5, 0.6) is 11.5 Å². The van der Waals surface area contributed by atoms with E-state index in [2.05, 4.69) is 17.3 Å². The van der Waals surface area contributed by atoms with Gasteiger partial charge in [-0.2, -0.15) is 0 Å². The highest BCUT2D eigenvalue weighted by molar-refractivity contribution is 5.40. The van der Waals surface area contributed by atoms with Crippen molar-refractivity contribution in [2.24, 2.45) is 0 Å². The van der Waals surface area contributed by atoms with Gasteiger partial charge in [-0.3, -0.25) is 4.90 Å². The number of hydrogen-bond donors (Lipinski definition) is 1. The summed E-state index contributed by atoms with van der Waals surface area (Å²) in [7, 11) is 7.33. The molecule has 0 radical (unpaired) electrons. The molecule has 90 valence electrons. The van der Waals surface area contributed by atoms with Crippen LogP contribution in [0.3, 0.4) is 0 Å². The average Bonchev–Trinajstić information content (AvgIpc) is 2.29. The van der Waals surface area contributed by atoms with Gasteiger partial charge in [0, 0.05) is 18.8 Å². The summed E-state index contributed by atoms with van der Waals surface area (Å²) in [6.07, 6.45) is 0. The molecule has 0 saturated heterocycles. The number of benzene rings is 1. The van der Waals surface area contributed by atoms with Crippen molar-refractivity contribution in [2.75, 3.05) is 35.0 Å². The van der Waals surface area contributed by atoms with Crippen molar-refractivity contribution in [3.63, 3.8) is 0 Å². The molecule has 16 heavy (non-hydrogen) atoms. The van der Waals surface area contributed by atoms with Gasteiger partial charge in [0.1, 0.15) is 11.5 Å². The summed E-state index contributed by atoms with van der Waals surface area (Å²) in [5, 5.41) is 3.11. The SMILES string of the molecule is CNCN(C)Cc1cc(OC)ccc1OC. The normalized spacial score (nSPS) is 10.6. The molecular weight excluding hydrogens is 204 g/mol. The number of methoxy groups -OCH3 is 2. The van der Waals surface area contributed by atoms with Gasteiger partial charge in [-0.15, -0.1) is 0 Å². The molecular formula is C12H20N2O2. The number of hydrogen-bond acceptors (Lipinski definition) is 4. The first-order valence-corrected chi connectivity index (χ1v) is 5.25. The summed E-state index contributed by atoms with van der Waals surface area (Å²) in [4.78, 5) is 2.16. The van der Waals surface area contributed by atoms with E-state index >= 15 is 0 Å². The highest BCUT2D eigenvalue weighted by atomic mass is 16.5. The molecule has 0 spiro atoms. The minimum Gasteiger partial charge on any atom is -0.497 e. The number of ether oxygens (including phenoxy) is 2. The smallest absolute Gasteiger partial charge is 0.123 e. The molecule has 0 unspecified atom stereocenters. The van der Waals surface area contributed by atoms with Crippen molar-refractivity contribution in [3.05, 3.63) is 23.8 Å². The van der Waals surface area contributed by atoms with Crippen LogP contribution < -0.4 is 14.8 Å². The van der Waals surface area contributed by atoms with E-state index in [1.54, 1.807) is 14.2 Å². The van der Waals surface area contributed by atoms with Crippen molar-refractivity contribution in [3.8, 4) is 11.5 Å². The number of nitrogens with zero attached hydrogens (tertiary/aromatic N) is 1. The molecule has 1 aromatic rings. The summed E-state index contributed by atoms with van der Waals surface area (Å²) in [5.74, 6) is 1.75. The number of rotatable bonds is 6. The minimum atomic E-state index is 0.821. The third kappa shape index (κ3) is 3.40. The van der Waals surface area contributed by atoms with Gasteiger partial charge in [0.15, 0.2) is 0 Å². The van der Waals surface area contributed by atoms with Crippen LogP contribution in [0.2, 0.25) is 0 Å². The molecule has 0 aromatic heterocycles. The Bertz CT molecular complexity index is 329. The van der Waals surface area contributed by atoms with Gasteiger partial charge in [-0.1, -0.05) is 0 Å². The standard InChI is InChI=1S/C12H20N2O2/c1-13-9-14(2)8-10-7-11(15-3)5-6-12(10)16-4/h5-7,13H,8-9H2,1-4H3. The lowest BCUT2D eigenvalue weighted by Crippen LogP contribution is -2.28. The molecule has 0 fully saturated rings. The maximum Gasteiger partial charge on any atom is 0.123 e. The first-order chi connectivity index (χ1) is 7.71. The van der Waals surface area contributed by atoms with Gasteiger partial charge in [0.2, 0.25) is 0 Å². The molecule has 0 amide bonds. The summed E-state index contributed by atoms with van der Waals surface area (Å²) in [6.45, 7) is 1.65. The van der Waals surface area contributed by atoms with Crippen LogP contribution in [0.1, 0.15) is 5.56 Å². The Labute approximate surface area is 97.2 Å². The molecule has 1 rings (SSSR count). The van der Waals surface area contributed by atoms with Crippen LogP contribution >= 0.6 is 0 Å². The molecule has 0 saturated carbocycles. The highest BCUT2D eigenvalue weighted by Crippen LogP contribution is 2.24. The zero-order valence-corrected chi connectivity index (χ0v) is 10.4.